The Balaban J connectivity index is 1.77. The summed E-state index contributed by atoms with van der Waals surface area (Å²) in [6, 6.07) is 3.98. The molecule has 0 amide bonds. The van der Waals surface area contributed by atoms with E-state index in [1.165, 1.54) is 6.42 Å². The average Bonchev–Trinajstić information content (AvgIpc) is 3.02. The maximum Gasteiger partial charge on any atom is 0.332 e. The number of pyridine rings is 1. The fourth-order valence-electron chi connectivity index (χ4n) is 4.19. The van der Waals surface area contributed by atoms with E-state index in [1.54, 1.807) is 6.20 Å². The van der Waals surface area contributed by atoms with Crippen LogP contribution in [-0.4, -0.2) is 36.3 Å². The van der Waals surface area contributed by atoms with Crippen molar-refractivity contribution < 1.29 is 14.3 Å². The number of halogens is 1. The zero-order chi connectivity index (χ0) is 18.8. The van der Waals surface area contributed by atoms with Crippen LogP contribution < -0.4 is 5.32 Å². The van der Waals surface area contributed by atoms with Crippen molar-refractivity contribution in [3.05, 3.63) is 28.5 Å². The SMILES string of the molecule is CC(C)(C)OC(=O)COC1(c2cccnc2Br)CCC2(CCNC2)CC1. The van der Waals surface area contributed by atoms with Gasteiger partial charge in [0, 0.05) is 18.3 Å². The van der Waals surface area contributed by atoms with Crippen molar-refractivity contribution in [1.82, 2.24) is 10.3 Å². The summed E-state index contributed by atoms with van der Waals surface area (Å²) in [6.45, 7) is 7.76. The van der Waals surface area contributed by atoms with Crippen LogP contribution in [0.5, 0.6) is 0 Å². The minimum absolute atomic E-state index is 0.0378. The maximum atomic E-state index is 12.2. The van der Waals surface area contributed by atoms with Crippen molar-refractivity contribution in [2.75, 3.05) is 19.7 Å². The predicted octanol–water partition coefficient (Wildman–Crippen LogP) is 3.95. The van der Waals surface area contributed by atoms with E-state index < -0.39 is 11.2 Å². The van der Waals surface area contributed by atoms with Crippen LogP contribution in [0, 0.1) is 5.41 Å². The van der Waals surface area contributed by atoms with Crippen LogP contribution in [0.1, 0.15) is 58.4 Å². The highest BCUT2D eigenvalue weighted by atomic mass is 79.9. The molecule has 0 atom stereocenters. The van der Waals surface area contributed by atoms with E-state index >= 15 is 0 Å². The van der Waals surface area contributed by atoms with Crippen LogP contribution in [0.4, 0.5) is 0 Å². The Morgan fingerprint density at radius 1 is 1.27 bits per heavy atom. The van der Waals surface area contributed by atoms with Gasteiger partial charge in [-0.1, -0.05) is 6.07 Å². The summed E-state index contributed by atoms with van der Waals surface area (Å²) in [5, 5.41) is 3.50. The van der Waals surface area contributed by atoms with E-state index in [4.69, 9.17) is 9.47 Å². The van der Waals surface area contributed by atoms with Gasteiger partial charge in [0.1, 0.15) is 16.8 Å². The Morgan fingerprint density at radius 2 is 2.00 bits per heavy atom. The minimum Gasteiger partial charge on any atom is -0.458 e. The molecular weight excluding hydrogens is 396 g/mol. The molecule has 0 radical (unpaired) electrons. The molecule has 2 aliphatic rings. The van der Waals surface area contributed by atoms with E-state index in [0.29, 0.717) is 5.41 Å². The molecule has 2 heterocycles. The Kier molecular flexibility index (Phi) is 5.75. The molecule has 1 N–H and O–H groups in total. The Bertz CT molecular complexity index is 641. The summed E-state index contributed by atoms with van der Waals surface area (Å²) in [7, 11) is 0. The highest BCUT2D eigenvalue weighted by Crippen LogP contribution is 2.51. The van der Waals surface area contributed by atoms with Crippen molar-refractivity contribution in [2.45, 2.75) is 64.1 Å². The van der Waals surface area contributed by atoms with Gasteiger partial charge in [-0.05, 0) is 86.8 Å². The lowest BCUT2D eigenvalue weighted by Gasteiger charge is -2.45. The first-order chi connectivity index (χ1) is 12.2. The van der Waals surface area contributed by atoms with Crippen molar-refractivity contribution in [3.63, 3.8) is 0 Å². The van der Waals surface area contributed by atoms with Crippen LogP contribution in [0.15, 0.2) is 22.9 Å². The van der Waals surface area contributed by atoms with E-state index in [1.807, 2.05) is 26.8 Å². The van der Waals surface area contributed by atoms with Crippen LogP contribution in [0.25, 0.3) is 0 Å². The van der Waals surface area contributed by atoms with Gasteiger partial charge in [-0.25, -0.2) is 9.78 Å². The van der Waals surface area contributed by atoms with Crippen molar-refractivity contribution in [1.29, 1.82) is 0 Å². The van der Waals surface area contributed by atoms with Crippen molar-refractivity contribution >= 4 is 21.9 Å². The predicted molar refractivity (Wildman–Crippen MR) is 104 cm³/mol. The number of nitrogens with zero attached hydrogens (tertiary/aromatic N) is 1. The number of carbonyl (C=O) groups excluding carboxylic acids is 1. The van der Waals surface area contributed by atoms with Crippen LogP contribution in [-0.2, 0) is 19.9 Å². The second-order valence-corrected chi connectivity index (χ2v) is 9.39. The van der Waals surface area contributed by atoms with E-state index in [0.717, 1.165) is 48.9 Å². The molecule has 26 heavy (non-hydrogen) atoms. The first kappa shape index (κ1) is 19.8. The lowest BCUT2D eigenvalue weighted by atomic mass is 9.66. The van der Waals surface area contributed by atoms with Gasteiger partial charge in [0.25, 0.3) is 0 Å². The molecule has 1 aliphatic heterocycles. The molecule has 6 heteroatoms. The smallest absolute Gasteiger partial charge is 0.332 e. The molecular formula is C20H29BrN2O3. The van der Waals surface area contributed by atoms with E-state index in [2.05, 4.69) is 32.3 Å². The second kappa shape index (κ2) is 7.56. The molecule has 0 aromatic carbocycles. The van der Waals surface area contributed by atoms with Gasteiger partial charge < -0.3 is 14.8 Å². The topological polar surface area (TPSA) is 60.5 Å². The molecule has 1 saturated carbocycles. The second-order valence-electron chi connectivity index (χ2n) is 8.64. The van der Waals surface area contributed by atoms with Gasteiger partial charge in [0.2, 0.25) is 0 Å². The zero-order valence-electron chi connectivity index (χ0n) is 15.9. The standard InChI is InChI=1S/C20H29BrN2O3/c1-18(2,3)26-16(24)13-25-20(15-5-4-11-23-17(15)21)8-6-19(7-9-20)10-12-22-14-19/h4-5,11,22H,6-10,12-14H2,1-3H3. The molecule has 0 bridgehead atoms. The molecule has 1 aromatic heterocycles. The summed E-state index contributed by atoms with van der Waals surface area (Å²) >= 11 is 3.58. The highest BCUT2D eigenvalue weighted by Gasteiger charge is 2.46. The number of rotatable bonds is 4. The fraction of sp³-hybridized carbons (Fsp3) is 0.700. The van der Waals surface area contributed by atoms with Crippen LogP contribution >= 0.6 is 15.9 Å². The van der Waals surface area contributed by atoms with Gasteiger partial charge >= 0.3 is 5.97 Å². The normalized spacial score (nSPS) is 29.1. The number of aromatic nitrogens is 1. The number of nitrogens with one attached hydrogen (secondary N) is 1. The number of carbonyl (C=O) groups is 1. The number of esters is 1. The lowest BCUT2D eigenvalue weighted by Crippen LogP contribution is -2.42. The van der Waals surface area contributed by atoms with Crippen molar-refractivity contribution in [3.8, 4) is 0 Å². The maximum absolute atomic E-state index is 12.2. The van der Waals surface area contributed by atoms with E-state index in [-0.39, 0.29) is 12.6 Å². The van der Waals surface area contributed by atoms with Gasteiger partial charge in [-0.15, -0.1) is 0 Å². The average molecular weight is 425 g/mol. The molecule has 1 aromatic rings. The molecule has 3 rings (SSSR count). The Morgan fingerprint density at radius 3 is 2.58 bits per heavy atom. The van der Waals surface area contributed by atoms with Crippen LogP contribution in [0.2, 0.25) is 0 Å². The third-order valence-electron chi connectivity index (χ3n) is 5.59. The summed E-state index contributed by atoms with van der Waals surface area (Å²) in [5.41, 5.74) is 0.421. The van der Waals surface area contributed by atoms with Gasteiger partial charge in [-0.3, -0.25) is 0 Å². The Hall–Kier alpha value is -0.980. The molecule has 144 valence electrons. The first-order valence-electron chi connectivity index (χ1n) is 9.41. The monoisotopic (exact) mass is 424 g/mol. The summed E-state index contributed by atoms with van der Waals surface area (Å²) in [5.74, 6) is -0.320. The van der Waals surface area contributed by atoms with Crippen molar-refractivity contribution in [2.24, 2.45) is 5.41 Å². The zero-order valence-corrected chi connectivity index (χ0v) is 17.5. The van der Waals surface area contributed by atoms with E-state index in [9.17, 15) is 4.79 Å². The van der Waals surface area contributed by atoms with Gasteiger partial charge in [0.15, 0.2) is 0 Å². The van der Waals surface area contributed by atoms with Gasteiger partial charge in [0.05, 0.1) is 5.60 Å². The third kappa shape index (κ3) is 4.46. The first-order valence-corrected chi connectivity index (χ1v) is 10.2. The fourth-order valence-corrected chi connectivity index (χ4v) is 4.80. The third-order valence-corrected chi connectivity index (χ3v) is 6.22. The summed E-state index contributed by atoms with van der Waals surface area (Å²) < 4.78 is 12.5. The number of ether oxygens (including phenoxy) is 2. The number of hydrogen-bond acceptors (Lipinski definition) is 5. The quantitative estimate of drug-likeness (QED) is 0.585. The minimum atomic E-state index is -0.505. The summed E-state index contributed by atoms with van der Waals surface area (Å²) in [6.07, 6.45) is 6.96. The number of hydrogen-bond donors (Lipinski definition) is 1. The Labute approximate surface area is 164 Å². The van der Waals surface area contributed by atoms with Gasteiger partial charge in [-0.2, -0.15) is 0 Å². The molecule has 5 nitrogen and oxygen atoms in total. The molecule has 1 saturated heterocycles. The largest absolute Gasteiger partial charge is 0.458 e. The van der Waals surface area contributed by atoms with Crippen LogP contribution in [0.3, 0.4) is 0 Å². The lowest BCUT2D eigenvalue weighted by molar-refractivity contribution is -0.172. The highest BCUT2D eigenvalue weighted by molar-refractivity contribution is 9.10. The summed E-state index contributed by atoms with van der Waals surface area (Å²) in [4.78, 5) is 16.6. The molecule has 1 spiro atoms. The molecule has 1 aliphatic carbocycles. The molecule has 2 fully saturated rings. The molecule has 0 unspecified atom stereocenters.